The van der Waals surface area contributed by atoms with E-state index < -0.39 is 16.3 Å². The van der Waals surface area contributed by atoms with Crippen molar-refractivity contribution in [3.8, 4) is 11.3 Å². The molecular weight excluding hydrogens is 480 g/mol. The van der Waals surface area contributed by atoms with Crippen molar-refractivity contribution < 1.29 is 17.9 Å². The average Bonchev–Trinajstić information content (AvgIpc) is 3.25. The zero-order valence-corrected chi connectivity index (χ0v) is 20.3. The van der Waals surface area contributed by atoms with Crippen LogP contribution >= 0.6 is 12.4 Å². The van der Waals surface area contributed by atoms with Crippen LogP contribution in [-0.4, -0.2) is 42.8 Å². The van der Waals surface area contributed by atoms with Gasteiger partial charge in [-0.25, -0.2) is 13.1 Å². The molecule has 0 fully saturated rings. The fourth-order valence-corrected chi connectivity index (χ4v) is 3.64. The summed E-state index contributed by atoms with van der Waals surface area (Å²) in [6, 6.07) is 15.5. The van der Waals surface area contributed by atoms with Crippen LogP contribution in [-0.2, 0) is 26.1 Å². The summed E-state index contributed by atoms with van der Waals surface area (Å²) in [7, 11) is -3.40. The Balaban J connectivity index is 0.00000408. The molecule has 0 unspecified atom stereocenters. The number of nitrogen functional groups attached to an aromatic ring is 1. The number of hydrogen-bond acceptors (Lipinski definition) is 6. The smallest absolute Gasteiger partial charge is 0.272 e. The molecule has 0 bridgehead atoms. The quantitative estimate of drug-likeness (QED) is 0.245. The summed E-state index contributed by atoms with van der Waals surface area (Å²) >= 11 is 0. The van der Waals surface area contributed by atoms with E-state index in [0.717, 1.165) is 11.8 Å². The van der Waals surface area contributed by atoms with E-state index >= 15 is 0 Å². The first-order valence-electron chi connectivity index (χ1n) is 10.1. The zero-order valence-electron chi connectivity index (χ0n) is 18.7. The Bertz CT molecular complexity index is 1240. The number of aromatic nitrogens is 2. The van der Waals surface area contributed by atoms with E-state index in [4.69, 9.17) is 15.9 Å². The number of anilines is 1. The van der Waals surface area contributed by atoms with E-state index in [1.807, 2.05) is 0 Å². The number of benzene rings is 2. The number of nitrogens with two attached hydrogens (primary N) is 1. The van der Waals surface area contributed by atoms with Gasteiger partial charge in [-0.05, 0) is 30.7 Å². The average molecular weight is 507 g/mol. The molecule has 1 amide bonds. The van der Waals surface area contributed by atoms with Crippen LogP contribution in [0.4, 0.5) is 5.69 Å². The monoisotopic (exact) mass is 506 g/mol. The highest BCUT2D eigenvalue weighted by Gasteiger charge is 2.22. The minimum absolute atomic E-state index is 0. The van der Waals surface area contributed by atoms with Crippen LogP contribution in [0.5, 0.6) is 0 Å². The van der Waals surface area contributed by atoms with Gasteiger partial charge in [0.25, 0.3) is 5.91 Å². The van der Waals surface area contributed by atoms with Crippen LogP contribution in [0.1, 0.15) is 24.3 Å². The molecule has 0 aliphatic rings. The van der Waals surface area contributed by atoms with E-state index in [0.29, 0.717) is 29.1 Å². The Morgan fingerprint density at radius 2 is 1.91 bits per heavy atom. The van der Waals surface area contributed by atoms with E-state index in [1.165, 1.54) is 4.68 Å². The Labute approximate surface area is 204 Å². The molecule has 10 nitrogen and oxygen atoms in total. The summed E-state index contributed by atoms with van der Waals surface area (Å²) in [6.07, 6.45) is 1.74. The van der Waals surface area contributed by atoms with Gasteiger partial charge in [-0.15, -0.1) is 12.4 Å². The van der Waals surface area contributed by atoms with Gasteiger partial charge in [-0.2, -0.15) is 5.10 Å². The second kappa shape index (κ2) is 11.6. The molecule has 0 aliphatic heterocycles. The Hall–Kier alpha value is -3.41. The number of rotatable bonds is 10. The standard InChI is InChI=1S/C22H26N6O4S.ClH/c1-3-32-22(21(29)25-14-15-7-9-16(10-8-15)20(23)24)28-12-11-19(26-28)17-5-4-6-18(13-17)27-33(2,30)31;/h4-13,22,27H,3,14H2,1-2H3,(H3,23,24)(H,25,29);1H/t22-;/m0./s1. The predicted octanol–water partition coefficient (Wildman–Crippen LogP) is 2.48. The molecule has 5 N–H and O–H groups in total. The van der Waals surface area contributed by atoms with Crippen LogP contribution < -0.4 is 15.8 Å². The van der Waals surface area contributed by atoms with Gasteiger partial charge in [0.05, 0.1) is 11.9 Å². The summed E-state index contributed by atoms with van der Waals surface area (Å²) in [4.78, 5) is 12.8. The van der Waals surface area contributed by atoms with Crippen molar-refractivity contribution >= 4 is 39.9 Å². The highest BCUT2D eigenvalue weighted by molar-refractivity contribution is 7.92. The van der Waals surface area contributed by atoms with Gasteiger partial charge in [0.1, 0.15) is 5.84 Å². The van der Waals surface area contributed by atoms with Crippen LogP contribution in [0.2, 0.25) is 0 Å². The third-order valence-corrected chi connectivity index (χ3v) is 5.20. The lowest BCUT2D eigenvalue weighted by Crippen LogP contribution is -2.34. The molecule has 3 aromatic rings. The van der Waals surface area contributed by atoms with Crippen molar-refractivity contribution in [3.63, 3.8) is 0 Å². The number of nitrogens with zero attached hydrogens (tertiary/aromatic N) is 2. The highest BCUT2D eigenvalue weighted by Crippen LogP contribution is 2.23. The molecule has 182 valence electrons. The molecule has 34 heavy (non-hydrogen) atoms. The highest BCUT2D eigenvalue weighted by atomic mass is 35.5. The van der Waals surface area contributed by atoms with Gasteiger partial charge in [-0.1, -0.05) is 36.4 Å². The predicted molar refractivity (Wildman–Crippen MR) is 133 cm³/mol. The zero-order chi connectivity index (χ0) is 24.0. The van der Waals surface area contributed by atoms with Gasteiger partial charge in [-0.3, -0.25) is 14.9 Å². The molecule has 1 atom stereocenters. The Kier molecular flexibility index (Phi) is 9.19. The van der Waals surface area contributed by atoms with E-state index in [1.54, 1.807) is 67.7 Å². The number of amidine groups is 1. The second-order valence-electron chi connectivity index (χ2n) is 7.27. The summed E-state index contributed by atoms with van der Waals surface area (Å²) in [5.74, 6) is -0.385. The molecule has 0 aliphatic carbocycles. The van der Waals surface area contributed by atoms with Crippen molar-refractivity contribution in [1.29, 1.82) is 5.41 Å². The van der Waals surface area contributed by atoms with Gasteiger partial charge in [0, 0.05) is 36.2 Å². The number of hydrogen-bond donors (Lipinski definition) is 4. The fourth-order valence-electron chi connectivity index (χ4n) is 3.09. The van der Waals surface area contributed by atoms with Crippen molar-refractivity contribution in [2.75, 3.05) is 17.6 Å². The molecule has 1 heterocycles. The number of carbonyl (C=O) groups is 1. The molecular formula is C22H27ClN6O4S. The van der Waals surface area contributed by atoms with Crippen LogP contribution in [0, 0.1) is 5.41 Å². The molecule has 12 heteroatoms. The molecule has 3 rings (SSSR count). The Morgan fingerprint density at radius 3 is 2.53 bits per heavy atom. The molecule has 2 aromatic carbocycles. The summed E-state index contributed by atoms with van der Waals surface area (Å²) < 4.78 is 32.5. The number of carbonyl (C=O) groups excluding carboxylic acids is 1. The lowest BCUT2D eigenvalue weighted by molar-refractivity contribution is -0.139. The third-order valence-electron chi connectivity index (χ3n) is 4.59. The van der Waals surface area contributed by atoms with E-state index in [2.05, 4.69) is 15.1 Å². The largest absolute Gasteiger partial charge is 0.384 e. The number of halogens is 1. The van der Waals surface area contributed by atoms with Gasteiger partial charge in [0.15, 0.2) is 0 Å². The second-order valence-corrected chi connectivity index (χ2v) is 9.02. The molecule has 0 radical (unpaired) electrons. The fraction of sp³-hybridized carbons (Fsp3) is 0.227. The minimum Gasteiger partial charge on any atom is -0.384 e. The molecule has 0 spiro atoms. The van der Waals surface area contributed by atoms with E-state index in [-0.39, 0.29) is 30.7 Å². The first kappa shape index (κ1) is 26.8. The minimum atomic E-state index is -3.40. The van der Waals surface area contributed by atoms with Crippen molar-refractivity contribution in [2.45, 2.75) is 19.7 Å². The molecule has 0 saturated carbocycles. The normalized spacial score (nSPS) is 11.8. The van der Waals surface area contributed by atoms with Crippen molar-refractivity contribution in [2.24, 2.45) is 5.73 Å². The maximum Gasteiger partial charge on any atom is 0.272 e. The lowest BCUT2D eigenvalue weighted by atomic mass is 10.1. The summed E-state index contributed by atoms with van der Waals surface area (Å²) in [5.41, 5.74) is 8.58. The van der Waals surface area contributed by atoms with E-state index in [9.17, 15) is 13.2 Å². The summed E-state index contributed by atoms with van der Waals surface area (Å²) in [6.45, 7) is 2.35. The summed E-state index contributed by atoms with van der Waals surface area (Å²) in [5, 5.41) is 14.7. The number of sulfonamides is 1. The number of ether oxygens (including phenoxy) is 1. The van der Waals surface area contributed by atoms with Gasteiger partial charge < -0.3 is 15.8 Å². The number of amides is 1. The molecule has 0 saturated heterocycles. The lowest BCUT2D eigenvalue weighted by Gasteiger charge is -2.17. The first-order chi connectivity index (χ1) is 15.7. The third kappa shape index (κ3) is 7.30. The molecule has 1 aromatic heterocycles. The van der Waals surface area contributed by atoms with Gasteiger partial charge >= 0.3 is 0 Å². The SMILES string of the molecule is CCO[C@@H](C(=O)NCc1ccc(C(=N)N)cc1)n1ccc(-c2cccc(NS(C)(=O)=O)c2)n1.Cl. The van der Waals surface area contributed by atoms with Gasteiger partial charge in [0.2, 0.25) is 16.3 Å². The van der Waals surface area contributed by atoms with Crippen molar-refractivity contribution in [1.82, 2.24) is 15.1 Å². The maximum atomic E-state index is 12.8. The van der Waals surface area contributed by atoms with Crippen LogP contribution in [0.15, 0.2) is 60.8 Å². The van der Waals surface area contributed by atoms with Crippen molar-refractivity contribution in [3.05, 3.63) is 71.9 Å². The topological polar surface area (TPSA) is 152 Å². The maximum absolute atomic E-state index is 12.8. The Morgan fingerprint density at radius 1 is 1.21 bits per heavy atom. The number of nitrogens with one attached hydrogen (secondary N) is 3. The van der Waals surface area contributed by atoms with Crippen LogP contribution in [0.3, 0.4) is 0 Å². The van der Waals surface area contributed by atoms with Crippen LogP contribution in [0.25, 0.3) is 11.3 Å². The first-order valence-corrected chi connectivity index (χ1v) is 12.0.